The average molecular weight is 1340 g/mol. The third kappa shape index (κ3) is 36.9. The van der Waals surface area contributed by atoms with E-state index in [9.17, 15) is 61.0 Å². The van der Waals surface area contributed by atoms with Crippen LogP contribution >= 0.6 is 0 Å². The van der Waals surface area contributed by atoms with Crippen LogP contribution in [0.5, 0.6) is 0 Å². The van der Waals surface area contributed by atoms with Crippen molar-refractivity contribution in [2.45, 2.75) is 369 Å². The molecule has 17 atom stereocenters. The zero-order valence-corrected chi connectivity index (χ0v) is 57.9. The maximum Gasteiger partial charge on any atom is 0.220 e. The van der Waals surface area contributed by atoms with Gasteiger partial charge in [-0.3, -0.25) is 4.79 Å². The van der Waals surface area contributed by atoms with Crippen LogP contribution in [0.25, 0.3) is 0 Å². The number of carbonyl (C=O) groups excluding carboxylic acids is 1. The number of hydrogen-bond donors (Lipinski definition) is 12. The Hall–Kier alpha value is -2.77. The monoisotopic (exact) mass is 1340 g/mol. The van der Waals surface area contributed by atoms with Gasteiger partial charge < -0.3 is 89.9 Å². The molecule has 0 radical (unpaired) electrons. The fraction of sp³-hybridized carbons (Fsp3) is 0.827. The fourth-order valence-corrected chi connectivity index (χ4v) is 12.3. The summed E-state index contributed by atoms with van der Waals surface area (Å²) in [7, 11) is 0. The number of unbranched alkanes of at least 4 members (excludes halogenated alkanes) is 31. The molecule has 3 rings (SSSR count). The number of allylic oxidation sites excluding steroid dienone is 11. The number of hydrogen-bond acceptors (Lipinski definition) is 18. The van der Waals surface area contributed by atoms with Crippen molar-refractivity contribution in [1.82, 2.24) is 5.32 Å². The van der Waals surface area contributed by atoms with Crippen LogP contribution in [0.15, 0.2) is 72.9 Å². The van der Waals surface area contributed by atoms with Gasteiger partial charge in [-0.25, -0.2) is 0 Å². The van der Waals surface area contributed by atoms with Crippen LogP contribution in [0.3, 0.4) is 0 Å². The van der Waals surface area contributed by atoms with Crippen molar-refractivity contribution in [3.8, 4) is 0 Å². The molecule has 546 valence electrons. The van der Waals surface area contributed by atoms with Gasteiger partial charge in [0.25, 0.3) is 0 Å². The second-order valence-electron chi connectivity index (χ2n) is 26.4. The smallest absolute Gasteiger partial charge is 0.220 e. The predicted octanol–water partition coefficient (Wildman–Crippen LogP) is 10.9. The highest BCUT2D eigenvalue weighted by Crippen LogP contribution is 2.33. The largest absolute Gasteiger partial charge is 0.394 e. The summed E-state index contributed by atoms with van der Waals surface area (Å²) in [6, 6.07) is -0.978. The summed E-state index contributed by atoms with van der Waals surface area (Å²) >= 11 is 0. The van der Waals surface area contributed by atoms with Crippen molar-refractivity contribution in [1.29, 1.82) is 0 Å². The van der Waals surface area contributed by atoms with Gasteiger partial charge in [0, 0.05) is 6.42 Å². The number of amides is 1. The Bertz CT molecular complexity index is 1980. The van der Waals surface area contributed by atoms with Crippen molar-refractivity contribution >= 4 is 5.91 Å². The SMILES string of the molecule is CC/C=C\C/C=C\C/C=C\C/C=C\C/C=C\CCCCCCCCCCCCCCCC(=O)NC(COC1OC(CO)C(OC2OC(CO)C(OC3OC(CO)C(O)C(O)C3O)C(O)C2O)C(O)C1O)C(O)/C=C/CCCCCCCCCCCCCCCCCCCC. The summed E-state index contributed by atoms with van der Waals surface area (Å²) in [5.74, 6) is -0.277. The highest BCUT2D eigenvalue weighted by molar-refractivity contribution is 5.76. The molecule has 12 N–H and O–H groups in total. The molecule has 3 saturated heterocycles. The zero-order valence-electron chi connectivity index (χ0n) is 57.9. The molecule has 0 aromatic rings. The number of ether oxygens (including phenoxy) is 6. The molecule has 19 heteroatoms. The summed E-state index contributed by atoms with van der Waals surface area (Å²) in [5.41, 5.74) is 0. The molecule has 3 heterocycles. The highest BCUT2D eigenvalue weighted by atomic mass is 16.8. The number of aliphatic hydroxyl groups is 11. The second-order valence-corrected chi connectivity index (χ2v) is 26.4. The minimum absolute atomic E-state index is 0.239. The molecule has 3 aliphatic rings. The minimum Gasteiger partial charge on any atom is -0.394 e. The molecule has 0 spiro atoms. The van der Waals surface area contributed by atoms with E-state index in [2.05, 4.69) is 79.9 Å². The van der Waals surface area contributed by atoms with Crippen LogP contribution in [0.4, 0.5) is 0 Å². The lowest BCUT2D eigenvalue weighted by molar-refractivity contribution is -0.379. The Morgan fingerprint density at radius 3 is 1.15 bits per heavy atom. The molecule has 3 aliphatic heterocycles. The quantitative estimate of drug-likeness (QED) is 0.0199. The minimum atomic E-state index is -1.98. The van der Waals surface area contributed by atoms with Crippen LogP contribution in [0, 0.1) is 0 Å². The Kier molecular flexibility index (Phi) is 50.9. The molecule has 17 unspecified atom stereocenters. The molecular formula is C75H133NO18. The predicted molar refractivity (Wildman–Crippen MR) is 369 cm³/mol. The van der Waals surface area contributed by atoms with Crippen LogP contribution in [-0.4, -0.2) is 193 Å². The molecule has 0 aromatic heterocycles. The molecule has 0 aliphatic carbocycles. The van der Waals surface area contributed by atoms with E-state index < -0.39 is 124 Å². The van der Waals surface area contributed by atoms with E-state index in [1.165, 1.54) is 154 Å². The first-order valence-corrected chi connectivity index (χ1v) is 37.2. The van der Waals surface area contributed by atoms with E-state index in [1.54, 1.807) is 6.08 Å². The van der Waals surface area contributed by atoms with E-state index in [4.69, 9.17) is 28.4 Å². The number of aliphatic hydroxyl groups excluding tert-OH is 11. The molecule has 1 amide bonds. The van der Waals surface area contributed by atoms with Crippen molar-refractivity contribution in [2.75, 3.05) is 26.4 Å². The van der Waals surface area contributed by atoms with Gasteiger partial charge in [0.15, 0.2) is 18.9 Å². The summed E-state index contributed by atoms with van der Waals surface area (Å²) in [6.45, 7) is 1.64. The normalized spacial score (nSPS) is 27.8. The van der Waals surface area contributed by atoms with Gasteiger partial charge in [0.05, 0.1) is 38.6 Å². The number of rotatable bonds is 57. The van der Waals surface area contributed by atoms with Gasteiger partial charge in [-0.1, -0.05) is 267 Å². The Balaban J connectivity index is 1.40. The maximum atomic E-state index is 13.4. The first-order valence-electron chi connectivity index (χ1n) is 37.2. The standard InChI is InChI=1S/C75H133NO18/c1-3-5-7-9-11-13-15-17-19-21-23-25-26-27-28-29-30-31-32-33-35-37-39-41-43-45-47-49-51-53-63(81)76-58(59(80)52-50-48-46-44-42-40-38-36-34-24-22-20-18-16-14-12-10-8-6-4-2)57-89-73-69(87)66(84)71(61(55-78)91-73)94-75-70(88)67(85)72(62(56-79)92-75)93-74-68(86)65(83)64(82)60(54-77)90-74/h5,7,11,13,17,19,23,25,27-28,50,52,58-62,64-75,77-80,82-88H,3-4,6,8-10,12,14-16,18,20-22,24,26,29-49,51,53-57H2,1-2H3,(H,76,81)/b7-5-,13-11-,19-17-,25-23-,28-27-,52-50+. The summed E-state index contributed by atoms with van der Waals surface area (Å²) in [6.07, 6.45) is 44.4. The first-order chi connectivity index (χ1) is 45.8. The lowest BCUT2D eigenvalue weighted by atomic mass is 9.96. The maximum absolute atomic E-state index is 13.4. The highest BCUT2D eigenvalue weighted by Gasteiger charge is 2.53. The lowest BCUT2D eigenvalue weighted by Crippen LogP contribution is -2.66. The molecule has 0 saturated carbocycles. The van der Waals surface area contributed by atoms with Crippen molar-refractivity contribution in [3.63, 3.8) is 0 Å². The van der Waals surface area contributed by atoms with Crippen molar-refractivity contribution in [3.05, 3.63) is 72.9 Å². The van der Waals surface area contributed by atoms with Crippen LogP contribution in [0.2, 0.25) is 0 Å². The fourth-order valence-electron chi connectivity index (χ4n) is 12.3. The third-order valence-electron chi connectivity index (χ3n) is 18.3. The second kappa shape index (κ2) is 56.0. The molecule has 0 aromatic carbocycles. The van der Waals surface area contributed by atoms with E-state index >= 15 is 0 Å². The Morgan fingerprint density at radius 2 is 0.734 bits per heavy atom. The van der Waals surface area contributed by atoms with E-state index in [-0.39, 0.29) is 18.9 Å². The molecule has 0 bridgehead atoms. The topological polar surface area (TPSA) is 307 Å². The van der Waals surface area contributed by atoms with Crippen LogP contribution in [0.1, 0.15) is 264 Å². The van der Waals surface area contributed by atoms with E-state index in [1.807, 2.05) is 6.08 Å². The molecule has 3 fully saturated rings. The summed E-state index contributed by atoms with van der Waals surface area (Å²) < 4.78 is 34.4. The third-order valence-corrected chi connectivity index (χ3v) is 18.3. The Morgan fingerprint density at radius 1 is 0.394 bits per heavy atom. The summed E-state index contributed by atoms with van der Waals surface area (Å²) in [5, 5.41) is 121. The van der Waals surface area contributed by atoms with Crippen LogP contribution < -0.4 is 5.32 Å². The Labute approximate surface area is 566 Å². The number of carbonyl (C=O) groups is 1. The van der Waals surface area contributed by atoms with Gasteiger partial charge in [-0.2, -0.15) is 0 Å². The zero-order chi connectivity index (χ0) is 68.2. The van der Waals surface area contributed by atoms with E-state index in [0.717, 1.165) is 83.5 Å². The van der Waals surface area contributed by atoms with Gasteiger partial charge in [0.1, 0.15) is 73.2 Å². The summed E-state index contributed by atoms with van der Waals surface area (Å²) in [4.78, 5) is 13.4. The average Bonchev–Trinajstić information content (AvgIpc) is 0.787. The molecular weight excluding hydrogens is 1200 g/mol. The van der Waals surface area contributed by atoms with Crippen molar-refractivity contribution in [2.24, 2.45) is 0 Å². The van der Waals surface area contributed by atoms with Gasteiger partial charge in [-0.15, -0.1) is 0 Å². The molecule has 19 nitrogen and oxygen atoms in total. The van der Waals surface area contributed by atoms with Gasteiger partial charge in [0.2, 0.25) is 5.91 Å². The van der Waals surface area contributed by atoms with E-state index in [0.29, 0.717) is 6.42 Å². The van der Waals surface area contributed by atoms with Gasteiger partial charge >= 0.3 is 0 Å². The first kappa shape index (κ1) is 85.5. The number of nitrogens with one attached hydrogen (secondary N) is 1. The van der Waals surface area contributed by atoms with Crippen molar-refractivity contribution < 1.29 is 89.4 Å². The van der Waals surface area contributed by atoms with Gasteiger partial charge in [-0.05, 0) is 64.2 Å². The lowest BCUT2D eigenvalue weighted by Gasteiger charge is -2.48. The molecule has 94 heavy (non-hydrogen) atoms. The van der Waals surface area contributed by atoms with Crippen LogP contribution in [-0.2, 0) is 33.2 Å².